The number of hydrogen-bond donors (Lipinski definition) is 2. The van der Waals surface area contributed by atoms with Gasteiger partial charge in [0.15, 0.2) is 0 Å². The first-order chi connectivity index (χ1) is 13.1. The Hall–Kier alpha value is -2.84. The largest absolute Gasteiger partial charge is 0.379 e. The fourth-order valence-corrected chi connectivity index (χ4v) is 4.45. The first-order valence-electron chi connectivity index (χ1n) is 9.63. The molecule has 0 radical (unpaired) electrons. The Kier molecular flexibility index (Phi) is 3.70. The maximum atomic E-state index is 3.51. The fraction of sp³-hybridized carbons (Fsp3) is 0.200. The standard InChI is InChI=1S/C25H24N2/c1-25(2)22-14-18(17-6-4-3-5-7-17)8-10-20(22)21-11-9-19(15-23(21)25)24-12-13-26-16-27-24/h3-15,24,26-27H,16H2,1-2H3. The zero-order valence-corrected chi connectivity index (χ0v) is 15.8. The summed E-state index contributed by atoms with van der Waals surface area (Å²) in [5, 5.41) is 6.71. The highest BCUT2D eigenvalue weighted by molar-refractivity contribution is 5.83. The van der Waals surface area contributed by atoms with E-state index in [2.05, 4.69) is 97.3 Å². The van der Waals surface area contributed by atoms with Crippen LogP contribution in [0.1, 0.15) is 36.6 Å². The normalized spacial score (nSPS) is 19.3. The van der Waals surface area contributed by atoms with Crippen molar-refractivity contribution in [2.45, 2.75) is 25.3 Å². The molecule has 134 valence electrons. The van der Waals surface area contributed by atoms with Gasteiger partial charge in [-0.25, -0.2) is 0 Å². The average molecular weight is 352 g/mol. The Balaban J connectivity index is 1.61. The molecule has 2 heteroatoms. The Morgan fingerprint density at radius 1 is 0.815 bits per heavy atom. The molecule has 0 saturated heterocycles. The van der Waals surface area contributed by atoms with Crippen LogP contribution in [0.4, 0.5) is 0 Å². The van der Waals surface area contributed by atoms with Crippen molar-refractivity contribution in [2.75, 3.05) is 6.67 Å². The molecule has 1 heterocycles. The van der Waals surface area contributed by atoms with Crippen LogP contribution in [0, 0.1) is 0 Å². The Bertz CT molecular complexity index is 1030. The summed E-state index contributed by atoms with van der Waals surface area (Å²) in [4.78, 5) is 0. The zero-order chi connectivity index (χ0) is 18.4. The van der Waals surface area contributed by atoms with Gasteiger partial charge >= 0.3 is 0 Å². The van der Waals surface area contributed by atoms with Crippen molar-refractivity contribution in [2.24, 2.45) is 0 Å². The van der Waals surface area contributed by atoms with E-state index in [0.29, 0.717) is 0 Å². The average Bonchev–Trinajstić information content (AvgIpc) is 2.96. The number of fused-ring (bicyclic) bond motifs is 3. The van der Waals surface area contributed by atoms with Crippen molar-refractivity contribution in [1.82, 2.24) is 10.6 Å². The third-order valence-electron chi connectivity index (χ3n) is 6.00. The molecule has 5 rings (SSSR count). The molecule has 3 aromatic rings. The fourth-order valence-electron chi connectivity index (χ4n) is 4.45. The van der Waals surface area contributed by atoms with Crippen molar-refractivity contribution in [3.63, 3.8) is 0 Å². The van der Waals surface area contributed by atoms with E-state index in [-0.39, 0.29) is 11.5 Å². The number of benzene rings is 3. The molecule has 0 fully saturated rings. The summed E-state index contributed by atoms with van der Waals surface area (Å²) in [5.74, 6) is 0. The van der Waals surface area contributed by atoms with Gasteiger partial charge in [-0.05, 0) is 57.3 Å². The van der Waals surface area contributed by atoms with E-state index in [0.717, 1.165) is 6.67 Å². The second kappa shape index (κ2) is 6.11. The van der Waals surface area contributed by atoms with Gasteiger partial charge in [0.2, 0.25) is 0 Å². The summed E-state index contributed by atoms with van der Waals surface area (Å²) in [7, 11) is 0. The van der Waals surface area contributed by atoms with E-state index in [1.807, 2.05) is 6.20 Å². The highest BCUT2D eigenvalue weighted by Gasteiger charge is 2.36. The van der Waals surface area contributed by atoms with E-state index in [1.54, 1.807) is 0 Å². The molecule has 1 unspecified atom stereocenters. The van der Waals surface area contributed by atoms with Gasteiger partial charge in [-0.15, -0.1) is 0 Å². The Morgan fingerprint density at radius 3 is 2.30 bits per heavy atom. The Morgan fingerprint density at radius 2 is 1.56 bits per heavy atom. The van der Waals surface area contributed by atoms with Crippen molar-refractivity contribution in [3.8, 4) is 22.3 Å². The predicted molar refractivity (Wildman–Crippen MR) is 112 cm³/mol. The maximum Gasteiger partial charge on any atom is 0.0655 e. The minimum absolute atomic E-state index is 0.00208. The summed E-state index contributed by atoms with van der Waals surface area (Å²) < 4.78 is 0. The van der Waals surface area contributed by atoms with E-state index >= 15 is 0 Å². The molecule has 2 N–H and O–H groups in total. The van der Waals surface area contributed by atoms with Gasteiger partial charge in [0, 0.05) is 5.41 Å². The highest BCUT2D eigenvalue weighted by Crippen LogP contribution is 2.50. The van der Waals surface area contributed by atoms with Crippen LogP contribution in [-0.2, 0) is 5.41 Å². The molecule has 2 nitrogen and oxygen atoms in total. The van der Waals surface area contributed by atoms with Crippen LogP contribution in [0.5, 0.6) is 0 Å². The third-order valence-corrected chi connectivity index (χ3v) is 6.00. The molecule has 0 aromatic heterocycles. The molecule has 27 heavy (non-hydrogen) atoms. The lowest BCUT2D eigenvalue weighted by atomic mass is 9.81. The SMILES string of the molecule is CC1(C)c2cc(-c3ccccc3)ccc2-c2ccc(C3C=CNCN3)cc21. The lowest BCUT2D eigenvalue weighted by Crippen LogP contribution is -2.32. The number of nitrogens with one attached hydrogen (secondary N) is 2. The van der Waals surface area contributed by atoms with Crippen molar-refractivity contribution in [1.29, 1.82) is 0 Å². The summed E-state index contributed by atoms with van der Waals surface area (Å²) in [6.45, 7) is 5.51. The van der Waals surface area contributed by atoms with E-state index in [1.165, 1.54) is 38.9 Å². The molecular weight excluding hydrogens is 328 g/mol. The van der Waals surface area contributed by atoms with Crippen LogP contribution >= 0.6 is 0 Å². The molecule has 0 amide bonds. The van der Waals surface area contributed by atoms with Crippen LogP contribution < -0.4 is 10.6 Å². The van der Waals surface area contributed by atoms with Crippen LogP contribution in [-0.4, -0.2) is 6.67 Å². The summed E-state index contributed by atoms with van der Waals surface area (Å²) in [5.41, 5.74) is 9.48. The van der Waals surface area contributed by atoms with Gasteiger partial charge in [-0.1, -0.05) is 74.5 Å². The summed E-state index contributed by atoms with van der Waals surface area (Å²) in [6.07, 6.45) is 4.23. The lowest BCUT2D eigenvalue weighted by molar-refractivity contribution is 0.562. The van der Waals surface area contributed by atoms with Gasteiger partial charge in [0.05, 0.1) is 12.7 Å². The zero-order valence-electron chi connectivity index (χ0n) is 15.8. The summed E-state index contributed by atoms with van der Waals surface area (Å²) >= 11 is 0. The molecule has 1 aliphatic carbocycles. The molecule has 2 aliphatic rings. The van der Waals surface area contributed by atoms with Gasteiger partial charge < -0.3 is 5.32 Å². The van der Waals surface area contributed by atoms with Gasteiger partial charge in [0.25, 0.3) is 0 Å². The van der Waals surface area contributed by atoms with Crippen LogP contribution in [0.15, 0.2) is 79.0 Å². The highest BCUT2D eigenvalue weighted by atomic mass is 15.1. The maximum absolute atomic E-state index is 3.51. The monoisotopic (exact) mass is 352 g/mol. The second-order valence-corrected chi connectivity index (χ2v) is 7.98. The molecule has 0 spiro atoms. The molecular formula is C25H24N2. The molecule has 1 atom stereocenters. The van der Waals surface area contributed by atoms with E-state index < -0.39 is 0 Å². The minimum atomic E-state index is 0.00208. The van der Waals surface area contributed by atoms with Crippen LogP contribution in [0.2, 0.25) is 0 Å². The van der Waals surface area contributed by atoms with Gasteiger partial charge in [0.1, 0.15) is 0 Å². The van der Waals surface area contributed by atoms with Gasteiger partial charge in [-0.3, -0.25) is 5.32 Å². The predicted octanol–water partition coefficient (Wildman–Crippen LogP) is 5.37. The topological polar surface area (TPSA) is 24.1 Å². The Labute approximate surface area is 160 Å². The van der Waals surface area contributed by atoms with Crippen molar-refractivity contribution in [3.05, 3.63) is 95.7 Å². The van der Waals surface area contributed by atoms with Crippen molar-refractivity contribution < 1.29 is 0 Å². The van der Waals surface area contributed by atoms with Crippen LogP contribution in [0.25, 0.3) is 22.3 Å². The number of rotatable bonds is 2. The molecule has 3 aromatic carbocycles. The molecule has 0 bridgehead atoms. The van der Waals surface area contributed by atoms with Gasteiger partial charge in [-0.2, -0.15) is 0 Å². The quantitative estimate of drug-likeness (QED) is 0.648. The second-order valence-electron chi connectivity index (χ2n) is 7.98. The smallest absolute Gasteiger partial charge is 0.0655 e. The molecule has 1 aliphatic heterocycles. The lowest BCUT2D eigenvalue weighted by Gasteiger charge is -2.25. The van der Waals surface area contributed by atoms with E-state index in [9.17, 15) is 0 Å². The molecule has 0 saturated carbocycles. The first-order valence-corrected chi connectivity index (χ1v) is 9.63. The van der Waals surface area contributed by atoms with E-state index in [4.69, 9.17) is 0 Å². The van der Waals surface area contributed by atoms with Crippen molar-refractivity contribution >= 4 is 0 Å². The minimum Gasteiger partial charge on any atom is -0.379 e. The first kappa shape index (κ1) is 16.3. The summed E-state index contributed by atoms with van der Waals surface area (Å²) in [6, 6.07) is 24.8. The number of hydrogen-bond acceptors (Lipinski definition) is 2. The third kappa shape index (κ3) is 2.60. The van der Waals surface area contributed by atoms with Crippen LogP contribution in [0.3, 0.4) is 0 Å².